The summed E-state index contributed by atoms with van der Waals surface area (Å²) in [5, 5.41) is 1.01. The fourth-order valence-corrected chi connectivity index (χ4v) is 5.34. The molecule has 174 valence electrons. The second-order valence-corrected chi connectivity index (χ2v) is 9.21. The lowest BCUT2D eigenvalue weighted by atomic mass is 10.0. The van der Waals surface area contributed by atoms with Crippen LogP contribution in [0.3, 0.4) is 0 Å². The van der Waals surface area contributed by atoms with Crippen molar-refractivity contribution in [2.24, 2.45) is 14.1 Å². The van der Waals surface area contributed by atoms with Crippen molar-refractivity contribution in [2.45, 2.75) is 13.0 Å². The molecule has 0 aliphatic carbocycles. The Morgan fingerprint density at radius 3 is 2.31 bits per heavy atom. The highest BCUT2D eigenvalue weighted by molar-refractivity contribution is 6.31. The van der Waals surface area contributed by atoms with E-state index in [0.717, 1.165) is 32.6 Å². The number of halogens is 1. The Labute approximate surface area is 206 Å². The van der Waals surface area contributed by atoms with Crippen LogP contribution in [0.4, 0.5) is 0 Å². The predicted molar refractivity (Wildman–Crippen MR) is 138 cm³/mol. The van der Waals surface area contributed by atoms with Crippen molar-refractivity contribution in [3.8, 4) is 22.7 Å². The van der Waals surface area contributed by atoms with Crippen molar-refractivity contribution >= 4 is 22.5 Å². The van der Waals surface area contributed by atoms with Gasteiger partial charge in [0.05, 0.1) is 28.0 Å². The maximum absolute atomic E-state index is 13.7. The zero-order chi connectivity index (χ0) is 24.4. The quantitative estimate of drug-likeness (QED) is 0.349. The highest BCUT2D eigenvalue weighted by Gasteiger charge is 2.37. The van der Waals surface area contributed by atoms with E-state index in [9.17, 15) is 9.59 Å². The van der Waals surface area contributed by atoms with E-state index in [2.05, 4.69) is 4.57 Å². The van der Waals surface area contributed by atoms with E-state index in [-0.39, 0.29) is 5.56 Å². The van der Waals surface area contributed by atoms with Gasteiger partial charge in [0.2, 0.25) is 0 Å². The van der Waals surface area contributed by atoms with Crippen LogP contribution in [-0.2, 0) is 14.1 Å². The Kier molecular flexibility index (Phi) is 4.76. The summed E-state index contributed by atoms with van der Waals surface area (Å²) in [6.45, 7) is 2.02. The van der Waals surface area contributed by atoms with E-state index in [1.165, 1.54) is 11.6 Å². The number of nitrogens with zero attached hydrogens (tertiary/aromatic N) is 3. The summed E-state index contributed by atoms with van der Waals surface area (Å²) in [6.07, 6.45) is -0.628. The van der Waals surface area contributed by atoms with Gasteiger partial charge in [0.15, 0.2) is 6.10 Å². The first-order valence-electron chi connectivity index (χ1n) is 11.3. The maximum Gasteiger partial charge on any atom is 0.331 e. The van der Waals surface area contributed by atoms with Gasteiger partial charge in [0, 0.05) is 30.2 Å². The van der Waals surface area contributed by atoms with Crippen LogP contribution in [-0.4, -0.2) is 13.7 Å². The lowest BCUT2D eigenvalue weighted by molar-refractivity contribution is 0.229. The molecule has 0 fully saturated rings. The van der Waals surface area contributed by atoms with Crippen LogP contribution in [0.15, 0.2) is 82.4 Å². The lowest BCUT2D eigenvalue weighted by Crippen LogP contribution is -2.37. The molecule has 3 aromatic carbocycles. The second-order valence-electron chi connectivity index (χ2n) is 8.80. The molecule has 5 aromatic rings. The molecule has 0 radical (unpaired) electrons. The van der Waals surface area contributed by atoms with Crippen molar-refractivity contribution in [3.63, 3.8) is 0 Å². The number of ether oxygens (including phenoxy) is 1. The predicted octanol–water partition coefficient (Wildman–Crippen LogP) is 5.14. The van der Waals surface area contributed by atoms with Gasteiger partial charge in [-0.1, -0.05) is 66.2 Å². The number of benzene rings is 3. The number of para-hydroxylation sites is 2. The molecule has 6 rings (SSSR count). The number of aryl methyl sites for hydroxylation is 2. The Morgan fingerprint density at radius 2 is 1.54 bits per heavy atom. The minimum Gasteiger partial charge on any atom is -0.477 e. The summed E-state index contributed by atoms with van der Waals surface area (Å²) in [6, 6.07) is 23.2. The van der Waals surface area contributed by atoms with Gasteiger partial charge < -0.3 is 9.30 Å². The fraction of sp³-hybridized carbons (Fsp3) is 0.143. The lowest BCUT2D eigenvalue weighted by Gasteiger charge is -2.30. The summed E-state index contributed by atoms with van der Waals surface area (Å²) < 4.78 is 11.3. The van der Waals surface area contributed by atoms with E-state index in [1.54, 1.807) is 7.05 Å². The van der Waals surface area contributed by atoms with Crippen LogP contribution in [0.25, 0.3) is 27.8 Å². The Bertz CT molecular complexity index is 1780. The normalized spacial score (nSPS) is 14.5. The van der Waals surface area contributed by atoms with Crippen molar-refractivity contribution in [1.29, 1.82) is 0 Å². The van der Waals surface area contributed by atoms with E-state index >= 15 is 0 Å². The summed E-state index contributed by atoms with van der Waals surface area (Å²) in [4.78, 5) is 26.8. The Hall–Kier alpha value is -4.03. The molecule has 0 N–H and O–H groups in total. The number of aromatic nitrogens is 3. The third-order valence-electron chi connectivity index (χ3n) is 6.80. The molecule has 3 heterocycles. The van der Waals surface area contributed by atoms with Gasteiger partial charge in [-0.05, 0) is 30.7 Å². The van der Waals surface area contributed by atoms with E-state index < -0.39 is 11.8 Å². The second kappa shape index (κ2) is 7.75. The third-order valence-corrected chi connectivity index (χ3v) is 7.14. The van der Waals surface area contributed by atoms with Gasteiger partial charge in [-0.3, -0.25) is 13.9 Å². The smallest absolute Gasteiger partial charge is 0.331 e. The Balaban J connectivity index is 1.90. The fourth-order valence-electron chi connectivity index (χ4n) is 5.10. The van der Waals surface area contributed by atoms with Gasteiger partial charge in [-0.25, -0.2) is 4.79 Å². The van der Waals surface area contributed by atoms with Gasteiger partial charge >= 0.3 is 5.69 Å². The topological polar surface area (TPSA) is 58.2 Å². The molecular formula is C28H22ClN3O3. The van der Waals surface area contributed by atoms with Crippen LogP contribution < -0.4 is 16.0 Å². The minimum atomic E-state index is -0.628. The molecule has 1 aliphatic heterocycles. The molecule has 6 nitrogen and oxygen atoms in total. The zero-order valence-electron chi connectivity index (χ0n) is 19.4. The molecule has 1 atom stereocenters. The summed E-state index contributed by atoms with van der Waals surface area (Å²) in [5.41, 5.74) is 4.71. The van der Waals surface area contributed by atoms with Crippen molar-refractivity contribution in [2.75, 3.05) is 0 Å². The first-order valence-corrected chi connectivity index (χ1v) is 11.7. The van der Waals surface area contributed by atoms with Crippen LogP contribution in [0.2, 0.25) is 5.02 Å². The van der Waals surface area contributed by atoms with E-state index in [1.807, 2.05) is 79.7 Å². The van der Waals surface area contributed by atoms with Gasteiger partial charge in [-0.15, -0.1) is 0 Å². The molecule has 0 unspecified atom stereocenters. The van der Waals surface area contributed by atoms with Crippen LogP contribution in [0, 0.1) is 6.92 Å². The van der Waals surface area contributed by atoms with Crippen molar-refractivity contribution < 1.29 is 4.74 Å². The molecule has 0 spiro atoms. The molecule has 0 amide bonds. The maximum atomic E-state index is 13.7. The number of hydrogen-bond acceptors (Lipinski definition) is 3. The SMILES string of the molecule is Cc1ccccc1-c1c2c(=O)n(C)c(=O)n(C)c2c2n1-c1ccccc1O[C@H]2c1ccccc1Cl. The number of hydrogen-bond donors (Lipinski definition) is 0. The Morgan fingerprint density at radius 1 is 0.857 bits per heavy atom. The third kappa shape index (κ3) is 2.96. The van der Waals surface area contributed by atoms with Crippen LogP contribution in [0.5, 0.6) is 5.75 Å². The minimum absolute atomic E-state index is 0.348. The average molecular weight is 484 g/mol. The zero-order valence-corrected chi connectivity index (χ0v) is 20.2. The molecule has 0 bridgehead atoms. The van der Waals surface area contributed by atoms with Crippen molar-refractivity contribution in [1.82, 2.24) is 13.7 Å². The van der Waals surface area contributed by atoms with Crippen molar-refractivity contribution in [3.05, 3.63) is 115 Å². The molecule has 0 saturated carbocycles. The number of fused-ring (bicyclic) bond motifs is 5. The molecule has 35 heavy (non-hydrogen) atoms. The molecule has 2 aromatic heterocycles. The monoisotopic (exact) mass is 483 g/mol. The van der Waals surface area contributed by atoms with Gasteiger partial charge in [0.1, 0.15) is 5.75 Å². The molecule has 0 saturated heterocycles. The largest absolute Gasteiger partial charge is 0.477 e. The summed E-state index contributed by atoms with van der Waals surface area (Å²) in [5.74, 6) is 0.668. The molecule has 7 heteroatoms. The first kappa shape index (κ1) is 21.5. The molecular weight excluding hydrogens is 462 g/mol. The highest BCUT2D eigenvalue weighted by Crippen LogP contribution is 2.47. The number of rotatable bonds is 2. The summed E-state index contributed by atoms with van der Waals surface area (Å²) >= 11 is 6.66. The highest BCUT2D eigenvalue weighted by atomic mass is 35.5. The first-order chi connectivity index (χ1) is 16.9. The van der Waals surface area contributed by atoms with Crippen LogP contribution in [0.1, 0.15) is 22.9 Å². The van der Waals surface area contributed by atoms with E-state index in [4.69, 9.17) is 16.3 Å². The average Bonchev–Trinajstić information content (AvgIpc) is 3.23. The van der Waals surface area contributed by atoms with Gasteiger partial charge in [0.25, 0.3) is 5.56 Å². The summed E-state index contributed by atoms with van der Waals surface area (Å²) in [7, 11) is 3.20. The standard InChI is InChI=1S/C28H22ClN3O3/c1-16-10-4-5-11-17(16)23-22-24(30(2)28(34)31(3)27(22)33)25-26(18-12-6-7-13-19(18)29)35-21-15-9-8-14-20(21)32(23)25/h4-15,26H,1-3H3/t26-/m0/s1. The van der Waals surface area contributed by atoms with Crippen LogP contribution >= 0.6 is 11.6 Å². The molecule has 1 aliphatic rings. The van der Waals surface area contributed by atoms with Gasteiger partial charge in [-0.2, -0.15) is 0 Å². The van der Waals surface area contributed by atoms with E-state index in [0.29, 0.717) is 27.4 Å².